The van der Waals surface area contributed by atoms with Gasteiger partial charge in [0.2, 0.25) is 5.91 Å². The van der Waals surface area contributed by atoms with Gasteiger partial charge in [-0.05, 0) is 79.1 Å². The van der Waals surface area contributed by atoms with Crippen LogP contribution >= 0.6 is 46.4 Å². The van der Waals surface area contributed by atoms with Crippen LogP contribution in [-0.4, -0.2) is 55.2 Å². The minimum absolute atomic E-state index is 0.0900. The Morgan fingerprint density at radius 2 is 1.19 bits per heavy atom. The summed E-state index contributed by atoms with van der Waals surface area (Å²) in [5, 5.41) is 31.9. The molecule has 0 saturated carbocycles. The number of esters is 2. The summed E-state index contributed by atoms with van der Waals surface area (Å²) in [6.07, 6.45) is 4.12. The van der Waals surface area contributed by atoms with Gasteiger partial charge in [-0.3, -0.25) is 24.2 Å². The number of ether oxygens (including phenoxy) is 4. The van der Waals surface area contributed by atoms with E-state index in [-0.39, 0.29) is 47.9 Å². The number of carbonyl (C=O) groups excluding carboxylic acids is 4. The van der Waals surface area contributed by atoms with Gasteiger partial charge in [0.1, 0.15) is 11.5 Å². The van der Waals surface area contributed by atoms with E-state index >= 15 is 0 Å². The van der Waals surface area contributed by atoms with Crippen LogP contribution in [0.2, 0.25) is 20.1 Å². The van der Waals surface area contributed by atoms with Crippen LogP contribution in [0.3, 0.4) is 0 Å². The highest BCUT2D eigenvalue weighted by atomic mass is 35.5. The van der Waals surface area contributed by atoms with Gasteiger partial charge in [-0.2, -0.15) is 10.5 Å². The second kappa shape index (κ2) is 24.5. The van der Waals surface area contributed by atoms with Gasteiger partial charge in [0.25, 0.3) is 5.91 Å². The third kappa shape index (κ3) is 11.6. The molecule has 1 aromatic heterocycles. The first-order valence-electron chi connectivity index (χ1n) is 24.9. The van der Waals surface area contributed by atoms with E-state index in [0.29, 0.717) is 85.2 Å². The van der Waals surface area contributed by atoms with E-state index in [1.807, 2.05) is 72.8 Å². The van der Waals surface area contributed by atoms with Crippen molar-refractivity contribution in [3.05, 3.63) is 187 Å². The number of rotatable bonds is 12. The molecule has 78 heavy (non-hydrogen) atoms. The number of fused-ring (bicyclic) bond motifs is 4. The lowest BCUT2D eigenvalue weighted by molar-refractivity contribution is -0.146. The van der Waals surface area contributed by atoms with Gasteiger partial charge in [0.05, 0.1) is 61.7 Å². The predicted molar refractivity (Wildman–Crippen MR) is 298 cm³/mol. The molecule has 5 atom stereocenters. The Morgan fingerprint density at radius 1 is 0.667 bits per heavy atom. The molecule has 394 valence electrons. The number of nitrogens with zero attached hydrogens (tertiary/aromatic N) is 3. The molecule has 3 unspecified atom stereocenters. The van der Waals surface area contributed by atoms with E-state index in [1.54, 1.807) is 74.6 Å². The molecule has 3 aliphatic heterocycles. The standard InChI is InChI=1S/C30H25Cl2N3O4.C30H23Cl2N3O4/c2*1-2-38-30(37)23(15-33)27-22-8-5-7-20(17-12-18(31)14-19(32)13-17)28(22)34-16-24(27)29(36)35-25-10-11-39-26-9-4-3-6-21(25)26/h3-9,12-14,16,23,25,27,34H,2,10-11H2,1H3,(H,35,36);3-9,12-14,16,23,25H,2,10-11H2,1H3,(H,35,36)/t23?,25-,27?;23?,25-/m00/s1. The normalized spacial score (nSPS) is 16.6. The first kappa shape index (κ1) is 54.7. The average molecular weight is 1120 g/mol. The number of anilines is 1. The summed E-state index contributed by atoms with van der Waals surface area (Å²) in [4.78, 5) is 58.1. The van der Waals surface area contributed by atoms with Gasteiger partial charge in [-0.1, -0.05) is 119 Å². The lowest BCUT2D eigenvalue weighted by Gasteiger charge is -2.32. The zero-order chi connectivity index (χ0) is 55.0. The summed E-state index contributed by atoms with van der Waals surface area (Å²) in [6, 6.07) is 39.8. The summed E-state index contributed by atoms with van der Waals surface area (Å²) < 4.78 is 21.9. The van der Waals surface area contributed by atoms with Crippen molar-refractivity contribution in [1.29, 1.82) is 10.5 Å². The zero-order valence-corrected chi connectivity index (χ0v) is 45.0. The molecule has 2 amide bonds. The van der Waals surface area contributed by atoms with Gasteiger partial charge >= 0.3 is 11.9 Å². The summed E-state index contributed by atoms with van der Waals surface area (Å²) >= 11 is 25.1. The van der Waals surface area contributed by atoms with Gasteiger partial charge in [-0.25, -0.2) is 0 Å². The molecule has 0 bridgehead atoms. The minimum atomic E-state index is -1.35. The average Bonchev–Trinajstić information content (AvgIpc) is 3.45. The fourth-order valence-corrected chi connectivity index (χ4v) is 11.1. The third-order valence-electron chi connectivity index (χ3n) is 13.4. The van der Waals surface area contributed by atoms with Crippen LogP contribution in [0.1, 0.15) is 83.2 Å². The van der Waals surface area contributed by atoms with Crippen molar-refractivity contribution >= 4 is 86.7 Å². The second-order valence-electron chi connectivity index (χ2n) is 18.2. The maximum absolute atomic E-state index is 13.8. The Labute approximate surface area is 469 Å². The van der Waals surface area contributed by atoms with E-state index < -0.39 is 35.6 Å². The number of hydrogen-bond acceptors (Lipinski definition) is 12. The predicted octanol–water partition coefficient (Wildman–Crippen LogP) is 13.0. The SMILES string of the molecule is CCOC(=O)C(C#N)C1C(C(=O)N[C@H]2CCOc3ccccc32)=CNc2c(-c3cc(Cl)cc(Cl)c3)cccc21.CCOC(=O)C(C#N)c1c(C(=O)N[C@H]2CCOc3ccccc32)cnc2c(-c3cc(Cl)cc(Cl)c3)cccc12. The van der Waals surface area contributed by atoms with Crippen LogP contribution < -0.4 is 25.4 Å². The van der Waals surface area contributed by atoms with Crippen LogP contribution in [0.25, 0.3) is 33.2 Å². The van der Waals surface area contributed by atoms with Crippen LogP contribution in [-0.2, 0) is 23.9 Å². The van der Waals surface area contributed by atoms with Gasteiger partial charge in [0, 0.05) is 95.7 Å². The van der Waals surface area contributed by atoms with Crippen molar-refractivity contribution in [1.82, 2.24) is 15.6 Å². The fourth-order valence-electron chi connectivity index (χ4n) is 10.0. The van der Waals surface area contributed by atoms with Crippen molar-refractivity contribution < 1.29 is 38.1 Å². The Bertz CT molecular complexity index is 3570. The maximum Gasteiger partial charge on any atom is 0.327 e. The monoisotopic (exact) mass is 1120 g/mol. The van der Waals surface area contributed by atoms with Crippen LogP contribution in [0, 0.1) is 28.6 Å². The molecule has 0 saturated heterocycles. The quantitative estimate of drug-likeness (QED) is 0.0979. The summed E-state index contributed by atoms with van der Waals surface area (Å²) in [5.74, 6) is -4.33. The van der Waals surface area contributed by atoms with Crippen molar-refractivity contribution in [3.63, 3.8) is 0 Å². The van der Waals surface area contributed by atoms with Crippen LogP contribution in [0.5, 0.6) is 11.5 Å². The van der Waals surface area contributed by atoms with E-state index in [9.17, 15) is 29.7 Å². The molecular weight excluding hydrogens is 1070 g/mol. The lowest BCUT2D eigenvalue weighted by atomic mass is 9.77. The highest BCUT2D eigenvalue weighted by molar-refractivity contribution is 6.35. The molecule has 0 spiro atoms. The number of benzene rings is 6. The number of carbonyl (C=O) groups is 4. The number of pyridine rings is 1. The molecule has 4 heterocycles. The maximum atomic E-state index is 13.8. The molecule has 10 rings (SSSR count). The highest BCUT2D eigenvalue weighted by Crippen LogP contribution is 2.46. The van der Waals surface area contributed by atoms with Crippen molar-refractivity contribution in [2.75, 3.05) is 31.7 Å². The summed E-state index contributed by atoms with van der Waals surface area (Å²) in [5.41, 5.74) is 6.99. The molecular formula is C60H48Cl4N6O8. The molecule has 14 nitrogen and oxygen atoms in total. The third-order valence-corrected chi connectivity index (χ3v) is 14.3. The van der Waals surface area contributed by atoms with Gasteiger partial charge in [-0.15, -0.1) is 0 Å². The first-order chi connectivity index (χ1) is 37.8. The number of para-hydroxylation sites is 4. The van der Waals surface area contributed by atoms with E-state index in [0.717, 1.165) is 28.0 Å². The summed E-state index contributed by atoms with van der Waals surface area (Å²) in [6.45, 7) is 4.44. The minimum Gasteiger partial charge on any atom is -0.493 e. The topological polar surface area (TPSA) is 202 Å². The fraction of sp³-hybridized carbons (Fsp3) is 0.217. The van der Waals surface area contributed by atoms with E-state index in [1.165, 1.54) is 6.20 Å². The second-order valence-corrected chi connectivity index (χ2v) is 19.9. The summed E-state index contributed by atoms with van der Waals surface area (Å²) in [7, 11) is 0. The van der Waals surface area contributed by atoms with Gasteiger partial charge < -0.3 is 34.9 Å². The van der Waals surface area contributed by atoms with Crippen molar-refractivity contribution in [2.45, 2.75) is 50.6 Å². The number of nitriles is 2. The number of hydrogen-bond donors (Lipinski definition) is 3. The van der Waals surface area contributed by atoms with Crippen molar-refractivity contribution in [2.24, 2.45) is 5.92 Å². The lowest BCUT2D eigenvalue weighted by Crippen LogP contribution is -2.38. The molecule has 18 heteroatoms. The zero-order valence-electron chi connectivity index (χ0n) is 42.0. The molecule has 7 aromatic rings. The smallest absolute Gasteiger partial charge is 0.327 e. The molecule has 6 aromatic carbocycles. The Kier molecular flexibility index (Phi) is 17.2. The van der Waals surface area contributed by atoms with Crippen LogP contribution in [0.4, 0.5) is 5.69 Å². The Hall–Kier alpha value is -8.11. The molecule has 0 aliphatic carbocycles. The number of nitrogens with one attached hydrogen (secondary N) is 3. The van der Waals surface area contributed by atoms with Gasteiger partial charge in [0.15, 0.2) is 11.8 Å². The number of amides is 2. The molecule has 0 radical (unpaired) electrons. The number of halogens is 4. The highest BCUT2D eigenvalue weighted by Gasteiger charge is 2.41. The molecule has 0 fully saturated rings. The number of aromatic nitrogens is 1. The largest absolute Gasteiger partial charge is 0.493 e. The van der Waals surface area contributed by atoms with Crippen molar-refractivity contribution in [3.8, 4) is 45.9 Å². The molecule has 3 aliphatic rings. The van der Waals surface area contributed by atoms with E-state index in [4.69, 9.17) is 65.4 Å². The Morgan fingerprint density at radius 3 is 1.77 bits per heavy atom. The van der Waals surface area contributed by atoms with E-state index in [2.05, 4.69) is 27.0 Å². The van der Waals surface area contributed by atoms with Crippen LogP contribution in [0.15, 0.2) is 139 Å². The Balaban J connectivity index is 0.000000190. The molecule has 3 N–H and O–H groups in total. The first-order valence-corrected chi connectivity index (χ1v) is 26.4.